The molecule has 3 N–H and O–H groups in total. The number of imidazole rings is 1. The quantitative estimate of drug-likeness (QED) is 0.335. The molecule has 11 heteroatoms. The first-order chi connectivity index (χ1) is 17.6. The Morgan fingerprint density at radius 2 is 1.64 bits per heavy atom. The van der Waals surface area contributed by atoms with Crippen molar-refractivity contribution in [1.82, 2.24) is 29.4 Å². The number of ether oxygens (including phenoxy) is 2. The Morgan fingerprint density at radius 1 is 0.944 bits per heavy atom. The van der Waals surface area contributed by atoms with Crippen LogP contribution in [0.15, 0.2) is 53.6 Å². The highest BCUT2D eigenvalue weighted by Gasteiger charge is 2.18. The second-order valence-electron chi connectivity index (χ2n) is 8.73. The average molecular weight is 491 g/mol. The van der Waals surface area contributed by atoms with E-state index in [9.17, 15) is 4.79 Å². The van der Waals surface area contributed by atoms with E-state index in [2.05, 4.69) is 54.0 Å². The molecule has 1 fully saturated rings. The van der Waals surface area contributed by atoms with E-state index in [1.807, 2.05) is 24.5 Å². The number of nitrogens with two attached hydrogens (primary N) is 1. The smallest absolute Gasteiger partial charge is 0.328 e. The van der Waals surface area contributed by atoms with Crippen LogP contribution in [-0.4, -0.2) is 75.9 Å². The number of anilines is 2. The Kier molecular flexibility index (Phi) is 7.10. The molecule has 0 saturated carbocycles. The molecule has 0 amide bonds. The number of nitrogens with one attached hydrogen (secondary N) is 1. The maximum atomic E-state index is 12.6. The van der Waals surface area contributed by atoms with Crippen LogP contribution in [0.1, 0.15) is 11.1 Å². The summed E-state index contributed by atoms with van der Waals surface area (Å²) < 4.78 is 12.0. The number of pyridine rings is 1. The van der Waals surface area contributed by atoms with Gasteiger partial charge in [-0.3, -0.25) is 14.5 Å². The van der Waals surface area contributed by atoms with Crippen molar-refractivity contribution in [2.75, 3.05) is 57.1 Å². The molecule has 0 aliphatic carbocycles. The summed E-state index contributed by atoms with van der Waals surface area (Å²) >= 11 is 0. The van der Waals surface area contributed by atoms with Gasteiger partial charge in [0, 0.05) is 57.9 Å². The number of hydrogen-bond donors (Lipinski definition) is 2. The van der Waals surface area contributed by atoms with E-state index >= 15 is 0 Å². The van der Waals surface area contributed by atoms with Crippen LogP contribution in [0.25, 0.3) is 11.2 Å². The molecule has 1 aliphatic rings. The third-order valence-corrected chi connectivity index (χ3v) is 6.32. The molecule has 0 atom stereocenters. The Labute approximate surface area is 208 Å². The van der Waals surface area contributed by atoms with Gasteiger partial charge in [-0.05, 0) is 23.3 Å². The average Bonchev–Trinajstić information content (AvgIpc) is 3.22. The van der Waals surface area contributed by atoms with Crippen LogP contribution < -0.4 is 21.1 Å². The minimum atomic E-state index is -0.295. The normalized spacial score (nSPS) is 14.4. The fraction of sp³-hybridized carbons (Fsp3) is 0.360. The van der Waals surface area contributed by atoms with Crippen molar-refractivity contribution in [3.8, 4) is 6.01 Å². The zero-order valence-corrected chi connectivity index (χ0v) is 20.3. The lowest BCUT2D eigenvalue weighted by Gasteiger charge is -2.36. The molecular formula is C25H30N8O3. The summed E-state index contributed by atoms with van der Waals surface area (Å²) in [6.07, 6.45) is 3.68. The van der Waals surface area contributed by atoms with E-state index in [0.717, 1.165) is 38.3 Å². The van der Waals surface area contributed by atoms with E-state index in [4.69, 9.17) is 15.2 Å². The molecule has 0 spiro atoms. The number of aromatic nitrogens is 5. The Morgan fingerprint density at radius 3 is 2.33 bits per heavy atom. The molecule has 1 saturated heterocycles. The second-order valence-corrected chi connectivity index (χ2v) is 8.73. The van der Waals surface area contributed by atoms with Gasteiger partial charge < -0.3 is 25.1 Å². The van der Waals surface area contributed by atoms with E-state index in [-0.39, 0.29) is 24.1 Å². The summed E-state index contributed by atoms with van der Waals surface area (Å²) in [6.45, 7) is 5.93. The zero-order valence-electron chi connectivity index (χ0n) is 20.3. The van der Waals surface area contributed by atoms with Crippen molar-refractivity contribution < 1.29 is 9.47 Å². The molecular weight excluding hydrogens is 460 g/mol. The fourth-order valence-electron chi connectivity index (χ4n) is 4.37. The summed E-state index contributed by atoms with van der Waals surface area (Å²) in [7, 11) is 1.58. The van der Waals surface area contributed by atoms with Crippen molar-refractivity contribution in [2.24, 2.45) is 0 Å². The molecule has 3 aromatic heterocycles. The summed E-state index contributed by atoms with van der Waals surface area (Å²) in [5.41, 5.74) is 10.0. The Hall–Kier alpha value is -3.96. The number of piperazine rings is 1. The van der Waals surface area contributed by atoms with E-state index < -0.39 is 0 Å². The topological polar surface area (TPSA) is 127 Å². The van der Waals surface area contributed by atoms with Gasteiger partial charge in [0.25, 0.3) is 0 Å². The van der Waals surface area contributed by atoms with Crippen molar-refractivity contribution in [3.05, 3.63) is 70.4 Å². The summed E-state index contributed by atoms with van der Waals surface area (Å²) in [5.74, 6) is 0.169. The van der Waals surface area contributed by atoms with Crippen molar-refractivity contribution in [3.63, 3.8) is 0 Å². The van der Waals surface area contributed by atoms with Gasteiger partial charge in [-0.1, -0.05) is 24.3 Å². The largest absolute Gasteiger partial charge is 0.461 e. The number of nitrogens with zero attached hydrogens (tertiary/aromatic N) is 6. The van der Waals surface area contributed by atoms with E-state index in [0.29, 0.717) is 24.3 Å². The standard InChI is InChI=1S/C25H30N8O3/c1-35-14-15-36-24-29-22(26)21-23(30-24)33(25(34)28-21)17-19-4-2-18(3-5-19)16-31-10-12-32(13-11-31)20-6-8-27-9-7-20/h2-9H,10-17H2,1H3,(H,28,34)(H2,26,29,30). The first kappa shape index (κ1) is 23.8. The van der Waals surface area contributed by atoms with Crippen molar-refractivity contribution >= 4 is 22.7 Å². The predicted molar refractivity (Wildman–Crippen MR) is 137 cm³/mol. The number of hydrogen-bond acceptors (Lipinski definition) is 9. The second kappa shape index (κ2) is 10.8. The fourth-order valence-corrected chi connectivity index (χ4v) is 4.37. The first-order valence-corrected chi connectivity index (χ1v) is 11.9. The number of methoxy groups -OCH3 is 1. The molecule has 4 heterocycles. The lowest BCUT2D eigenvalue weighted by atomic mass is 10.1. The van der Waals surface area contributed by atoms with Gasteiger partial charge in [0.15, 0.2) is 11.5 Å². The van der Waals surface area contributed by atoms with Crippen LogP contribution in [0.4, 0.5) is 11.5 Å². The summed E-state index contributed by atoms with van der Waals surface area (Å²) in [6, 6.07) is 12.6. The van der Waals surface area contributed by atoms with Gasteiger partial charge in [0.05, 0.1) is 13.2 Å². The van der Waals surface area contributed by atoms with Gasteiger partial charge in [0.2, 0.25) is 0 Å². The molecule has 0 unspecified atom stereocenters. The van der Waals surface area contributed by atoms with Gasteiger partial charge in [0.1, 0.15) is 12.1 Å². The van der Waals surface area contributed by atoms with E-state index in [1.165, 1.54) is 11.3 Å². The Bertz CT molecular complexity index is 1350. The van der Waals surface area contributed by atoms with Gasteiger partial charge in [-0.25, -0.2) is 4.79 Å². The molecule has 0 radical (unpaired) electrons. The maximum Gasteiger partial charge on any atom is 0.328 e. The van der Waals surface area contributed by atoms with Crippen LogP contribution in [0, 0.1) is 0 Å². The van der Waals surface area contributed by atoms with Crippen LogP contribution >= 0.6 is 0 Å². The predicted octanol–water partition coefficient (Wildman–Crippen LogP) is 1.49. The number of benzene rings is 1. The molecule has 188 valence electrons. The summed E-state index contributed by atoms with van der Waals surface area (Å²) in [4.78, 5) is 32.9. The molecule has 1 aliphatic heterocycles. The van der Waals surface area contributed by atoms with Crippen LogP contribution in [0.5, 0.6) is 6.01 Å². The number of aromatic amines is 1. The first-order valence-electron chi connectivity index (χ1n) is 11.9. The van der Waals surface area contributed by atoms with E-state index in [1.54, 1.807) is 11.7 Å². The molecule has 0 bridgehead atoms. The molecule has 1 aromatic carbocycles. The highest BCUT2D eigenvalue weighted by atomic mass is 16.5. The molecule has 11 nitrogen and oxygen atoms in total. The zero-order chi connectivity index (χ0) is 24.9. The van der Waals surface area contributed by atoms with Crippen molar-refractivity contribution in [2.45, 2.75) is 13.1 Å². The third-order valence-electron chi connectivity index (χ3n) is 6.32. The highest BCUT2D eigenvalue weighted by Crippen LogP contribution is 2.20. The molecule has 36 heavy (non-hydrogen) atoms. The summed E-state index contributed by atoms with van der Waals surface area (Å²) in [5, 5.41) is 0. The minimum absolute atomic E-state index is 0.115. The lowest BCUT2D eigenvalue weighted by molar-refractivity contribution is 0.141. The molecule has 4 aromatic rings. The number of H-pyrrole nitrogens is 1. The number of nitrogen functional groups attached to an aromatic ring is 1. The number of fused-ring (bicyclic) bond motifs is 1. The Balaban J connectivity index is 1.23. The van der Waals surface area contributed by atoms with Gasteiger partial charge in [-0.15, -0.1) is 0 Å². The van der Waals surface area contributed by atoms with Crippen LogP contribution in [-0.2, 0) is 17.8 Å². The molecule has 5 rings (SSSR count). The minimum Gasteiger partial charge on any atom is -0.461 e. The monoisotopic (exact) mass is 490 g/mol. The van der Waals surface area contributed by atoms with Gasteiger partial charge >= 0.3 is 11.7 Å². The lowest BCUT2D eigenvalue weighted by Crippen LogP contribution is -2.45. The SMILES string of the molecule is COCCOc1nc(N)c2[nH]c(=O)n(Cc3ccc(CN4CCN(c5ccncc5)CC4)cc3)c2n1. The van der Waals surface area contributed by atoms with Crippen molar-refractivity contribution in [1.29, 1.82) is 0 Å². The highest BCUT2D eigenvalue weighted by molar-refractivity contribution is 5.81. The van der Waals surface area contributed by atoms with Gasteiger partial charge in [-0.2, -0.15) is 9.97 Å². The third kappa shape index (κ3) is 5.31. The van der Waals surface area contributed by atoms with Crippen LogP contribution in [0.3, 0.4) is 0 Å². The van der Waals surface area contributed by atoms with Crippen LogP contribution in [0.2, 0.25) is 0 Å². The maximum absolute atomic E-state index is 12.6. The number of rotatable bonds is 9.